The summed E-state index contributed by atoms with van der Waals surface area (Å²) < 4.78 is 6.08. The molecule has 2 aromatic rings. The Morgan fingerprint density at radius 2 is 1.74 bits per heavy atom. The van der Waals surface area contributed by atoms with E-state index in [1.54, 1.807) is 0 Å². The Bertz CT molecular complexity index is 679. The molecule has 0 amide bonds. The van der Waals surface area contributed by atoms with Crippen LogP contribution in [-0.4, -0.2) is 11.1 Å². The maximum absolute atomic E-state index is 10.6. The molecule has 0 heterocycles. The summed E-state index contributed by atoms with van der Waals surface area (Å²) in [6, 6.07) is 13.9. The Labute approximate surface area is 137 Å². The molecule has 23 heavy (non-hydrogen) atoms. The minimum Gasteiger partial charge on any atom is -0.481 e. The molecule has 0 saturated carbocycles. The van der Waals surface area contributed by atoms with Gasteiger partial charge >= 0.3 is 5.97 Å². The van der Waals surface area contributed by atoms with E-state index in [9.17, 15) is 4.79 Å². The smallest absolute Gasteiger partial charge is 0.303 e. The summed E-state index contributed by atoms with van der Waals surface area (Å²) in [4.78, 5) is 10.6. The van der Waals surface area contributed by atoms with Crippen LogP contribution in [0.2, 0.25) is 0 Å². The molecular weight excluding hydrogens is 288 g/mol. The van der Waals surface area contributed by atoms with Crippen LogP contribution < -0.4 is 4.74 Å². The Hall–Kier alpha value is -2.29. The van der Waals surface area contributed by atoms with Gasteiger partial charge in [-0.05, 0) is 48.1 Å². The number of aryl methyl sites for hydroxylation is 2. The SMILES string of the molecule is Cc1ccc(C(C)(C)C)c(Oc2ccc(CCC(=O)O)cc2)c1. The average Bonchev–Trinajstić information content (AvgIpc) is 2.45. The Balaban J connectivity index is 2.19. The second kappa shape index (κ2) is 6.86. The van der Waals surface area contributed by atoms with Crippen molar-refractivity contribution < 1.29 is 14.6 Å². The second-order valence-corrected chi connectivity index (χ2v) is 6.89. The zero-order valence-corrected chi connectivity index (χ0v) is 14.2. The Kier molecular flexibility index (Phi) is 5.09. The van der Waals surface area contributed by atoms with Crippen LogP contribution in [0.5, 0.6) is 11.5 Å². The molecule has 0 spiro atoms. The molecule has 0 aliphatic heterocycles. The fourth-order valence-corrected chi connectivity index (χ4v) is 2.44. The molecule has 0 aliphatic rings. The van der Waals surface area contributed by atoms with Crippen molar-refractivity contribution in [3.05, 3.63) is 59.2 Å². The predicted molar refractivity (Wildman–Crippen MR) is 92.4 cm³/mol. The van der Waals surface area contributed by atoms with Crippen LogP contribution >= 0.6 is 0 Å². The van der Waals surface area contributed by atoms with Crippen LogP contribution in [0.25, 0.3) is 0 Å². The molecule has 2 rings (SSSR count). The number of hydrogen-bond acceptors (Lipinski definition) is 2. The van der Waals surface area contributed by atoms with E-state index in [0.717, 1.165) is 28.2 Å². The summed E-state index contributed by atoms with van der Waals surface area (Å²) in [6.45, 7) is 8.55. The van der Waals surface area contributed by atoms with E-state index < -0.39 is 5.97 Å². The van der Waals surface area contributed by atoms with E-state index in [0.29, 0.717) is 6.42 Å². The predicted octanol–water partition coefficient (Wildman–Crippen LogP) is 5.10. The van der Waals surface area contributed by atoms with E-state index >= 15 is 0 Å². The van der Waals surface area contributed by atoms with Crippen molar-refractivity contribution in [3.8, 4) is 11.5 Å². The van der Waals surface area contributed by atoms with Gasteiger partial charge in [-0.2, -0.15) is 0 Å². The standard InChI is InChI=1S/C20H24O3/c1-14-5-11-17(20(2,3)4)18(13-14)23-16-9-6-15(7-10-16)8-12-19(21)22/h5-7,9-11,13H,8,12H2,1-4H3,(H,21,22). The lowest BCUT2D eigenvalue weighted by Crippen LogP contribution is -2.12. The van der Waals surface area contributed by atoms with Gasteiger partial charge in [-0.15, -0.1) is 0 Å². The van der Waals surface area contributed by atoms with E-state index in [2.05, 4.69) is 39.0 Å². The molecule has 0 saturated heterocycles. The monoisotopic (exact) mass is 312 g/mol. The first-order valence-corrected chi connectivity index (χ1v) is 7.85. The number of carboxylic acids is 1. The lowest BCUT2D eigenvalue weighted by atomic mass is 9.86. The highest BCUT2D eigenvalue weighted by atomic mass is 16.5. The molecule has 0 unspecified atom stereocenters. The Morgan fingerprint density at radius 1 is 1.09 bits per heavy atom. The van der Waals surface area contributed by atoms with E-state index in [4.69, 9.17) is 9.84 Å². The number of rotatable bonds is 5. The van der Waals surface area contributed by atoms with Gasteiger partial charge in [-0.1, -0.05) is 45.0 Å². The summed E-state index contributed by atoms with van der Waals surface area (Å²) in [7, 11) is 0. The molecule has 3 nitrogen and oxygen atoms in total. The molecule has 3 heteroatoms. The second-order valence-electron chi connectivity index (χ2n) is 6.89. The Morgan fingerprint density at radius 3 is 2.30 bits per heavy atom. The number of carbonyl (C=O) groups is 1. The minimum absolute atomic E-state index is 0.00443. The van der Waals surface area contributed by atoms with Crippen molar-refractivity contribution in [3.63, 3.8) is 0 Å². The number of aliphatic carboxylic acids is 1. The van der Waals surface area contributed by atoms with E-state index in [-0.39, 0.29) is 11.8 Å². The van der Waals surface area contributed by atoms with Crippen molar-refractivity contribution in [2.45, 2.75) is 46.0 Å². The van der Waals surface area contributed by atoms with Crippen molar-refractivity contribution in [1.82, 2.24) is 0 Å². The van der Waals surface area contributed by atoms with E-state index in [1.165, 1.54) is 0 Å². The lowest BCUT2D eigenvalue weighted by Gasteiger charge is -2.23. The molecule has 0 aliphatic carbocycles. The van der Waals surface area contributed by atoms with Crippen LogP contribution in [0.15, 0.2) is 42.5 Å². The quantitative estimate of drug-likeness (QED) is 0.835. The first-order chi connectivity index (χ1) is 10.8. The van der Waals surface area contributed by atoms with Crippen molar-refractivity contribution in [1.29, 1.82) is 0 Å². The molecule has 0 fully saturated rings. The van der Waals surface area contributed by atoms with Crippen LogP contribution in [0.3, 0.4) is 0 Å². The molecular formula is C20H24O3. The summed E-state index contributed by atoms with van der Waals surface area (Å²) in [6.07, 6.45) is 0.680. The van der Waals surface area contributed by atoms with Crippen LogP contribution in [0.1, 0.15) is 43.9 Å². The fraction of sp³-hybridized carbons (Fsp3) is 0.350. The fourth-order valence-electron chi connectivity index (χ4n) is 2.44. The number of ether oxygens (including phenoxy) is 1. The van der Waals surface area contributed by atoms with Gasteiger partial charge in [-0.25, -0.2) is 0 Å². The van der Waals surface area contributed by atoms with Crippen molar-refractivity contribution >= 4 is 5.97 Å². The van der Waals surface area contributed by atoms with Gasteiger partial charge in [-0.3, -0.25) is 4.79 Å². The summed E-state index contributed by atoms with van der Waals surface area (Å²) in [5, 5.41) is 8.73. The number of carboxylic acid groups (broad SMARTS) is 1. The van der Waals surface area contributed by atoms with Gasteiger partial charge in [0.2, 0.25) is 0 Å². The summed E-state index contributed by atoms with van der Waals surface area (Å²) in [5.74, 6) is 0.857. The first kappa shape index (κ1) is 17.1. The molecule has 0 radical (unpaired) electrons. The van der Waals surface area contributed by atoms with Gasteiger partial charge in [0.1, 0.15) is 11.5 Å². The maximum Gasteiger partial charge on any atom is 0.303 e. The molecule has 2 aromatic carbocycles. The van der Waals surface area contributed by atoms with E-state index in [1.807, 2.05) is 31.2 Å². The third kappa shape index (κ3) is 4.85. The van der Waals surface area contributed by atoms with Crippen LogP contribution in [0.4, 0.5) is 0 Å². The number of hydrogen-bond donors (Lipinski definition) is 1. The van der Waals surface area contributed by atoms with Crippen LogP contribution in [0, 0.1) is 6.92 Å². The largest absolute Gasteiger partial charge is 0.481 e. The van der Waals surface area contributed by atoms with Gasteiger partial charge in [0.15, 0.2) is 0 Å². The summed E-state index contributed by atoms with van der Waals surface area (Å²) in [5.41, 5.74) is 3.33. The van der Waals surface area contributed by atoms with Crippen molar-refractivity contribution in [2.75, 3.05) is 0 Å². The molecule has 0 atom stereocenters. The first-order valence-electron chi connectivity index (χ1n) is 7.85. The minimum atomic E-state index is -0.778. The van der Waals surface area contributed by atoms with Crippen molar-refractivity contribution in [2.24, 2.45) is 0 Å². The highest BCUT2D eigenvalue weighted by molar-refractivity contribution is 5.67. The van der Waals surface area contributed by atoms with Gasteiger partial charge in [0, 0.05) is 12.0 Å². The zero-order valence-electron chi connectivity index (χ0n) is 14.2. The summed E-state index contributed by atoms with van der Waals surface area (Å²) >= 11 is 0. The van der Waals surface area contributed by atoms with Gasteiger partial charge < -0.3 is 9.84 Å². The molecule has 1 N–H and O–H groups in total. The molecule has 0 bridgehead atoms. The maximum atomic E-state index is 10.6. The number of benzene rings is 2. The average molecular weight is 312 g/mol. The third-order valence-electron chi connectivity index (χ3n) is 3.72. The lowest BCUT2D eigenvalue weighted by molar-refractivity contribution is -0.136. The van der Waals surface area contributed by atoms with Crippen LogP contribution in [-0.2, 0) is 16.6 Å². The topological polar surface area (TPSA) is 46.5 Å². The molecule has 122 valence electrons. The zero-order chi connectivity index (χ0) is 17.0. The highest BCUT2D eigenvalue weighted by Gasteiger charge is 2.19. The normalized spacial score (nSPS) is 11.3. The highest BCUT2D eigenvalue weighted by Crippen LogP contribution is 2.34. The third-order valence-corrected chi connectivity index (χ3v) is 3.72. The van der Waals surface area contributed by atoms with Gasteiger partial charge in [0.05, 0.1) is 0 Å². The van der Waals surface area contributed by atoms with Gasteiger partial charge in [0.25, 0.3) is 0 Å². The molecule has 0 aromatic heterocycles.